The summed E-state index contributed by atoms with van der Waals surface area (Å²) in [6.45, 7) is 2.83. The number of primary amides is 1. The fraction of sp³-hybridized carbons (Fsp3) is 0.500. The topological polar surface area (TPSA) is 99.7 Å². The normalized spacial score (nSPS) is 10.8. The zero-order valence-electron chi connectivity index (χ0n) is 8.77. The van der Waals surface area contributed by atoms with Crippen molar-refractivity contribution in [3.63, 3.8) is 0 Å². The Bertz CT molecular complexity index is 358. The van der Waals surface area contributed by atoms with E-state index in [0.29, 0.717) is 0 Å². The molecule has 0 aromatic carbocycles. The first kappa shape index (κ1) is 11.2. The van der Waals surface area contributed by atoms with Gasteiger partial charge in [0.25, 0.3) is 5.91 Å². The van der Waals surface area contributed by atoms with E-state index in [4.69, 9.17) is 5.73 Å². The highest BCUT2D eigenvalue weighted by molar-refractivity contribution is 5.94. The minimum Gasteiger partial charge on any atom is -0.364 e. The molecular formula is C8H14N6O. The smallest absolute Gasteiger partial charge is 0.269 e. The fourth-order valence-corrected chi connectivity index (χ4v) is 1.03. The van der Waals surface area contributed by atoms with Crippen LogP contribution in [0, 0.1) is 0 Å². The van der Waals surface area contributed by atoms with Crippen LogP contribution in [0.25, 0.3) is 0 Å². The second-order valence-corrected chi connectivity index (χ2v) is 3.04. The molecule has 0 unspecified atom stereocenters. The molecule has 1 aromatic rings. The highest BCUT2D eigenvalue weighted by Gasteiger charge is 2.09. The molecule has 0 atom stereocenters. The van der Waals surface area contributed by atoms with Crippen molar-refractivity contribution in [2.24, 2.45) is 16.1 Å². The van der Waals surface area contributed by atoms with Gasteiger partial charge >= 0.3 is 0 Å². The number of H-pyrrole nitrogens is 1. The highest BCUT2D eigenvalue weighted by Crippen LogP contribution is 2.13. The first-order valence-electron chi connectivity index (χ1n) is 4.61. The van der Waals surface area contributed by atoms with Crippen molar-refractivity contribution in [3.05, 3.63) is 12.0 Å². The molecule has 0 saturated heterocycles. The van der Waals surface area contributed by atoms with Crippen LogP contribution in [0.15, 0.2) is 16.7 Å². The summed E-state index contributed by atoms with van der Waals surface area (Å²) >= 11 is 0. The molecule has 0 aliphatic heterocycles. The Morgan fingerprint density at radius 2 is 2.47 bits per heavy atom. The summed E-state index contributed by atoms with van der Waals surface area (Å²) in [7, 11) is 1.80. The number of amides is 1. The van der Waals surface area contributed by atoms with E-state index in [9.17, 15) is 4.79 Å². The molecule has 82 valence electrons. The van der Waals surface area contributed by atoms with E-state index in [1.807, 2.05) is 6.92 Å². The molecule has 15 heavy (non-hydrogen) atoms. The van der Waals surface area contributed by atoms with Gasteiger partial charge in [-0.1, -0.05) is 12.1 Å². The SMILES string of the molecule is CCCN(C)/N=N/c1nc[nH]c1C(N)=O. The number of nitrogens with zero attached hydrogens (tertiary/aromatic N) is 4. The number of carbonyl (C=O) groups is 1. The molecule has 0 aliphatic rings. The molecule has 0 radical (unpaired) electrons. The summed E-state index contributed by atoms with van der Waals surface area (Å²) in [5, 5.41) is 9.35. The molecule has 1 aromatic heterocycles. The van der Waals surface area contributed by atoms with Crippen molar-refractivity contribution < 1.29 is 4.79 Å². The molecule has 1 heterocycles. The van der Waals surface area contributed by atoms with Crippen molar-refractivity contribution in [2.45, 2.75) is 13.3 Å². The molecule has 0 fully saturated rings. The quantitative estimate of drug-likeness (QED) is 0.556. The number of rotatable bonds is 5. The number of hydrogen-bond acceptors (Lipinski definition) is 4. The summed E-state index contributed by atoms with van der Waals surface area (Å²) in [6, 6.07) is 0. The Balaban J connectivity index is 2.71. The summed E-state index contributed by atoms with van der Waals surface area (Å²) in [5.41, 5.74) is 5.27. The molecule has 0 bridgehead atoms. The van der Waals surface area contributed by atoms with Crippen LogP contribution >= 0.6 is 0 Å². The van der Waals surface area contributed by atoms with Crippen LogP contribution in [0.3, 0.4) is 0 Å². The van der Waals surface area contributed by atoms with Crippen molar-refractivity contribution in [3.8, 4) is 0 Å². The second-order valence-electron chi connectivity index (χ2n) is 3.04. The van der Waals surface area contributed by atoms with Crippen LogP contribution in [-0.2, 0) is 0 Å². The molecule has 1 rings (SSSR count). The molecular weight excluding hydrogens is 196 g/mol. The van der Waals surface area contributed by atoms with Gasteiger partial charge in [0.2, 0.25) is 5.82 Å². The number of hydrogen-bond donors (Lipinski definition) is 2. The number of aromatic amines is 1. The average Bonchev–Trinajstić information content (AvgIpc) is 2.63. The molecule has 7 heteroatoms. The third-order valence-electron chi connectivity index (χ3n) is 1.71. The van der Waals surface area contributed by atoms with Gasteiger partial charge in [0.05, 0.1) is 6.33 Å². The summed E-state index contributed by atoms with van der Waals surface area (Å²) in [4.78, 5) is 17.3. The Labute approximate surface area is 87.4 Å². The maximum Gasteiger partial charge on any atom is 0.269 e. The zero-order chi connectivity index (χ0) is 11.3. The predicted octanol–water partition coefficient (Wildman–Crippen LogP) is 0.849. The number of nitrogens with two attached hydrogens (primary N) is 1. The van der Waals surface area contributed by atoms with E-state index >= 15 is 0 Å². The lowest BCUT2D eigenvalue weighted by atomic mass is 10.4. The lowest BCUT2D eigenvalue weighted by molar-refractivity contribution is 0.0996. The van der Waals surface area contributed by atoms with E-state index in [2.05, 4.69) is 20.3 Å². The maximum atomic E-state index is 10.9. The standard InChI is InChI=1S/C8H14N6O/c1-3-4-14(2)13-12-8-6(7(9)15)10-5-11-8/h5H,3-4H2,1-2H3,(H2,9,15)(H,10,11)/b13-12+. The summed E-state index contributed by atoms with van der Waals surface area (Å²) in [6.07, 6.45) is 2.33. The van der Waals surface area contributed by atoms with Crippen LogP contribution in [-0.4, -0.2) is 34.5 Å². The van der Waals surface area contributed by atoms with E-state index in [-0.39, 0.29) is 11.5 Å². The third-order valence-corrected chi connectivity index (χ3v) is 1.71. The maximum absolute atomic E-state index is 10.9. The van der Waals surface area contributed by atoms with Crippen molar-refractivity contribution >= 4 is 11.7 Å². The zero-order valence-corrected chi connectivity index (χ0v) is 8.77. The fourth-order valence-electron chi connectivity index (χ4n) is 1.03. The Kier molecular flexibility index (Phi) is 3.78. The van der Waals surface area contributed by atoms with E-state index in [0.717, 1.165) is 13.0 Å². The Morgan fingerprint density at radius 1 is 1.73 bits per heavy atom. The Hall–Kier alpha value is -1.92. The van der Waals surface area contributed by atoms with E-state index in [1.54, 1.807) is 12.1 Å². The molecule has 0 spiro atoms. The number of aromatic nitrogens is 2. The summed E-state index contributed by atoms with van der Waals surface area (Å²) in [5.74, 6) is -0.384. The number of nitrogens with one attached hydrogen (secondary N) is 1. The van der Waals surface area contributed by atoms with Crippen LogP contribution < -0.4 is 5.73 Å². The number of carbonyl (C=O) groups excluding carboxylic acids is 1. The van der Waals surface area contributed by atoms with Crippen LogP contribution in [0.1, 0.15) is 23.8 Å². The molecule has 1 amide bonds. The minimum absolute atomic E-state index is 0.170. The van der Waals surface area contributed by atoms with Gasteiger partial charge in [-0.3, -0.25) is 9.80 Å². The van der Waals surface area contributed by atoms with Gasteiger partial charge in [-0.2, -0.15) is 0 Å². The van der Waals surface area contributed by atoms with Crippen LogP contribution in [0.5, 0.6) is 0 Å². The minimum atomic E-state index is -0.598. The third kappa shape index (κ3) is 3.04. The van der Waals surface area contributed by atoms with Crippen LogP contribution in [0.2, 0.25) is 0 Å². The monoisotopic (exact) mass is 210 g/mol. The molecule has 3 N–H and O–H groups in total. The van der Waals surface area contributed by atoms with Gasteiger partial charge in [-0.05, 0) is 6.42 Å². The average molecular weight is 210 g/mol. The largest absolute Gasteiger partial charge is 0.364 e. The first-order chi connectivity index (χ1) is 7.15. The molecule has 0 saturated carbocycles. The lowest BCUT2D eigenvalue weighted by Crippen LogP contribution is -2.12. The number of imidazole rings is 1. The van der Waals surface area contributed by atoms with Gasteiger partial charge in [0.1, 0.15) is 0 Å². The van der Waals surface area contributed by atoms with Gasteiger partial charge in [0, 0.05) is 13.6 Å². The lowest BCUT2D eigenvalue weighted by Gasteiger charge is -2.07. The van der Waals surface area contributed by atoms with Gasteiger partial charge in [0.15, 0.2) is 5.69 Å². The van der Waals surface area contributed by atoms with E-state index in [1.165, 1.54) is 6.33 Å². The summed E-state index contributed by atoms with van der Waals surface area (Å²) < 4.78 is 0. The van der Waals surface area contributed by atoms with Crippen molar-refractivity contribution in [2.75, 3.05) is 13.6 Å². The van der Waals surface area contributed by atoms with Gasteiger partial charge in [-0.25, -0.2) is 4.98 Å². The Morgan fingerprint density at radius 3 is 3.07 bits per heavy atom. The van der Waals surface area contributed by atoms with E-state index < -0.39 is 5.91 Å². The highest BCUT2D eigenvalue weighted by atomic mass is 16.1. The second kappa shape index (κ2) is 5.08. The molecule has 0 aliphatic carbocycles. The van der Waals surface area contributed by atoms with Gasteiger partial charge < -0.3 is 10.7 Å². The van der Waals surface area contributed by atoms with Crippen molar-refractivity contribution in [1.82, 2.24) is 15.0 Å². The first-order valence-corrected chi connectivity index (χ1v) is 4.61. The van der Waals surface area contributed by atoms with Crippen LogP contribution in [0.4, 0.5) is 5.82 Å². The van der Waals surface area contributed by atoms with Crippen molar-refractivity contribution in [1.29, 1.82) is 0 Å². The molecule has 7 nitrogen and oxygen atoms in total. The van der Waals surface area contributed by atoms with Gasteiger partial charge in [-0.15, -0.1) is 5.11 Å². The predicted molar refractivity (Wildman–Crippen MR) is 54.5 cm³/mol.